The predicted octanol–water partition coefficient (Wildman–Crippen LogP) is 3.61. The van der Waals surface area contributed by atoms with Crippen LogP contribution >= 0.6 is 0 Å². The summed E-state index contributed by atoms with van der Waals surface area (Å²) in [7, 11) is 4.53. The highest BCUT2D eigenvalue weighted by Crippen LogP contribution is 2.29. The molecule has 8 nitrogen and oxygen atoms in total. The van der Waals surface area contributed by atoms with Gasteiger partial charge in [0.1, 0.15) is 23.4 Å². The van der Waals surface area contributed by atoms with Crippen LogP contribution in [0.3, 0.4) is 0 Å². The van der Waals surface area contributed by atoms with Crippen molar-refractivity contribution in [3.63, 3.8) is 0 Å². The second-order valence-corrected chi connectivity index (χ2v) is 6.08. The fourth-order valence-corrected chi connectivity index (χ4v) is 2.80. The Morgan fingerprint density at radius 3 is 2.24 bits per heavy atom. The van der Waals surface area contributed by atoms with Crippen molar-refractivity contribution in [2.75, 3.05) is 21.3 Å². The van der Waals surface area contributed by atoms with E-state index in [1.807, 2.05) is 0 Å². The van der Waals surface area contributed by atoms with Crippen LogP contribution in [0.15, 0.2) is 47.3 Å². The first-order valence-electron chi connectivity index (χ1n) is 8.80. The third kappa shape index (κ3) is 4.43. The van der Waals surface area contributed by atoms with E-state index in [1.165, 1.54) is 33.8 Å². The summed E-state index contributed by atoms with van der Waals surface area (Å²) in [6.45, 7) is 0. The van der Waals surface area contributed by atoms with E-state index in [0.717, 1.165) is 0 Å². The lowest BCUT2D eigenvalue weighted by Crippen LogP contribution is -2.08. The Hall–Kier alpha value is -3.68. The highest BCUT2D eigenvalue weighted by Gasteiger charge is 2.17. The first-order chi connectivity index (χ1) is 14.1. The molecule has 0 amide bonds. The standard InChI is InChI=1S/C21H20N2O6/c1-26-18-8-4-13(10-20(18)28-3)16(24)6-7-17(25)15-5-9-19(27-2)21(23-15)14-11-22-29-12-14/h4-5,8-12H,6-7H2,1-3H3. The summed E-state index contributed by atoms with van der Waals surface area (Å²) in [6.07, 6.45) is 2.97. The topological polar surface area (TPSA) is 101 Å². The van der Waals surface area contributed by atoms with E-state index in [1.54, 1.807) is 30.3 Å². The van der Waals surface area contributed by atoms with Crippen LogP contribution in [0.4, 0.5) is 0 Å². The zero-order valence-electron chi connectivity index (χ0n) is 16.3. The quantitative estimate of drug-likeness (QED) is 0.506. The van der Waals surface area contributed by atoms with Gasteiger partial charge in [0.2, 0.25) is 0 Å². The molecule has 0 radical (unpaired) electrons. The monoisotopic (exact) mass is 396 g/mol. The number of Topliss-reactive ketones (excluding diaryl/α,β-unsaturated/α-hetero) is 2. The van der Waals surface area contributed by atoms with Gasteiger partial charge in [0.15, 0.2) is 23.1 Å². The number of carbonyl (C=O) groups excluding carboxylic acids is 2. The molecule has 1 aromatic carbocycles. The maximum absolute atomic E-state index is 12.6. The number of rotatable bonds is 9. The van der Waals surface area contributed by atoms with Crippen molar-refractivity contribution in [2.24, 2.45) is 0 Å². The zero-order valence-corrected chi connectivity index (χ0v) is 16.3. The molecule has 2 aromatic heterocycles. The molecule has 0 N–H and O–H groups in total. The van der Waals surface area contributed by atoms with Crippen LogP contribution in [0.1, 0.15) is 33.7 Å². The second kappa shape index (κ2) is 9.01. The SMILES string of the molecule is COc1ccc(C(=O)CCC(=O)c2ccc(OC)c(-c3cnoc3)n2)cc1OC. The molecule has 0 aliphatic carbocycles. The average molecular weight is 396 g/mol. The Balaban J connectivity index is 1.72. The highest BCUT2D eigenvalue weighted by atomic mass is 16.5. The van der Waals surface area contributed by atoms with Crippen LogP contribution < -0.4 is 14.2 Å². The number of pyridine rings is 1. The van der Waals surface area contributed by atoms with Gasteiger partial charge in [-0.05, 0) is 30.3 Å². The molecule has 0 aliphatic heterocycles. The molecule has 29 heavy (non-hydrogen) atoms. The first-order valence-corrected chi connectivity index (χ1v) is 8.80. The summed E-state index contributed by atoms with van der Waals surface area (Å²) >= 11 is 0. The highest BCUT2D eigenvalue weighted by molar-refractivity contribution is 6.02. The van der Waals surface area contributed by atoms with Gasteiger partial charge in [0.05, 0.1) is 33.1 Å². The van der Waals surface area contributed by atoms with E-state index in [2.05, 4.69) is 10.1 Å². The van der Waals surface area contributed by atoms with Crippen LogP contribution in [-0.2, 0) is 0 Å². The number of aromatic nitrogens is 2. The third-order valence-corrected chi connectivity index (χ3v) is 4.35. The van der Waals surface area contributed by atoms with Crippen LogP contribution in [0, 0.1) is 0 Å². The van der Waals surface area contributed by atoms with Gasteiger partial charge in [0.25, 0.3) is 0 Å². The van der Waals surface area contributed by atoms with E-state index >= 15 is 0 Å². The molecule has 150 valence electrons. The molecule has 0 spiro atoms. The minimum Gasteiger partial charge on any atom is -0.494 e. The molecular weight excluding hydrogens is 376 g/mol. The summed E-state index contributed by atoms with van der Waals surface area (Å²) in [6, 6.07) is 8.12. The minimum absolute atomic E-state index is 0.0234. The summed E-state index contributed by atoms with van der Waals surface area (Å²) in [5, 5.41) is 3.65. The van der Waals surface area contributed by atoms with Gasteiger partial charge in [-0.2, -0.15) is 0 Å². The number of hydrogen-bond acceptors (Lipinski definition) is 8. The molecule has 0 bridgehead atoms. The number of carbonyl (C=O) groups is 2. The van der Waals surface area contributed by atoms with Gasteiger partial charge >= 0.3 is 0 Å². The van der Waals surface area contributed by atoms with Crippen molar-refractivity contribution in [3.8, 4) is 28.5 Å². The molecule has 0 atom stereocenters. The number of ketones is 2. The lowest BCUT2D eigenvalue weighted by Gasteiger charge is -2.09. The number of hydrogen-bond donors (Lipinski definition) is 0. The van der Waals surface area contributed by atoms with Crippen molar-refractivity contribution >= 4 is 11.6 Å². The van der Waals surface area contributed by atoms with Crippen molar-refractivity contribution in [1.29, 1.82) is 0 Å². The van der Waals surface area contributed by atoms with Crippen LogP contribution in [0.2, 0.25) is 0 Å². The summed E-state index contributed by atoms with van der Waals surface area (Å²) < 4.78 is 20.5. The van der Waals surface area contributed by atoms with Gasteiger partial charge in [-0.1, -0.05) is 5.16 Å². The molecule has 0 unspecified atom stereocenters. The third-order valence-electron chi connectivity index (χ3n) is 4.35. The molecule has 3 aromatic rings. The summed E-state index contributed by atoms with van der Waals surface area (Å²) in [5.74, 6) is 1.06. The first kappa shape index (κ1) is 20.1. The van der Waals surface area contributed by atoms with Crippen molar-refractivity contribution < 1.29 is 28.3 Å². The molecule has 3 rings (SSSR count). The van der Waals surface area contributed by atoms with E-state index in [9.17, 15) is 9.59 Å². The van der Waals surface area contributed by atoms with E-state index in [0.29, 0.717) is 34.1 Å². The predicted molar refractivity (Wildman–Crippen MR) is 104 cm³/mol. The molecular formula is C21H20N2O6. The van der Waals surface area contributed by atoms with Crippen LogP contribution in [0.5, 0.6) is 17.2 Å². The van der Waals surface area contributed by atoms with E-state index in [4.69, 9.17) is 18.7 Å². The second-order valence-electron chi connectivity index (χ2n) is 6.08. The Kier molecular flexibility index (Phi) is 6.23. The Morgan fingerprint density at radius 1 is 0.897 bits per heavy atom. The average Bonchev–Trinajstić information content (AvgIpc) is 3.31. The number of methoxy groups -OCH3 is 3. The Bertz CT molecular complexity index is 1010. The molecule has 0 fully saturated rings. The Morgan fingerprint density at radius 2 is 1.59 bits per heavy atom. The van der Waals surface area contributed by atoms with Gasteiger partial charge in [-0.3, -0.25) is 9.59 Å². The number of benzene rings is 1. The summed E-state index contributed by atoms with van der Waals surface area (Å²) in [4.78, 5) is 29.4. The maximum Gasteiger partial charge on any atom is 0.181 e. The fourth-order valence-electron chi connectivity index (χ4n) is 2.80. The maximum atomic E-state index is 12.6. The molecule has 0 saturated carbocycles. The molecule has 8 heteroatoms. The van der Waals surface area contributed by atoms with Crippen LogP contribution in [-0.4, -0.2) is 43.0 Å². The van der Waals surface area contributed by atoms with Gasteiger partial charge in [-0.15, -0.1) is 0 Å². The molecule has 2 heterocycles. The van der Waals surface area contributed by atoms with E-state index in [-0.39, 0.29) is 30.1 Å². The lowest BCUT2D eigenvalue weighted by atomic mass is 10.0. The minimum atomic E-state index is -0.251. The summed E-state index contributed by atoms with van der Waals surface area (Å²) in [5.41, 5.74) is 1.73. The molecule has 0 saturated heterocycles. The van der Waals surface area contributed by atoms with Crippen molar-refractivity contribution in [1.82, 2.24) is 10.1 Å². The smallest absolute Gasteiger partial charge is 0.181 e. The van der Waals surface area contributed by atoms with Gasteiger partial charge in [-0.25, -0.2) is 4.98 Å². The fraction of sp³-hybridized carbons (Fsp3) is 0.238. The number of ether oxygens (including phenoxy) is 3. The van der Waals surface area contributed by atoms with E-state index < -0.39 is 0 Å². The van der Waals surface area contributed by atoms with Gasteiger partial charge < -0.3 is 18.7 Å². The van der Waals surface area contributed by atoms with Gasteiger partial charge in [0, 0.05) is 18.4 Å². The molecule has 0 aliphatic rings. The van der Waals surface area contributed by atoms with Crippen LogP contribution in [0.25, 0.3) is 11.3 Å². The normalized spacial score (nSPS) is 10.4. The lowest BCUT2D eigenvalue weighted by molar-refractivity contribution is 0.0915. The number of nitrogens with zero attached hydrogens (tertiary/aromatic N) is 2. The Labute approximate surface area is 167 Å². The largest absolute Gasteiger partial charge is 0.494 e. The zero-order chi connectivity index (χ0) is 20.8. The van der Waals surface area contributed by atoms with Crippen molar-refractivity contribution in [3.05, 3.63) is 54.0 Å². The van der Waals surface area contributed by atoms with Crippen molar-refractivity contribution in [2.45, 2.75) is 12.8 Å².